The number of hydrogen-bond acceptors (Lipinski definition) is 2. The number of nitriles is 1. The molecular formula is C26H28N2O2. The van der Waals surface area contributed by atoms with Crippen molar-refractivity contribution in [3.63, 3.8) is 0 Å². The predicted octanol–water partition coefficient (Wildman–Crippen LogP) is 6.26. The topological polar surface area (TPSA) is 66.0 Å². The first-order chi connectivity index (χ1) is 14.6. The van der Waals surface area contributed by atoms with Gasteiger partial charge >= 0.3 is 5.97 Å². The van der Waals surface area contributed by atoms with Crippen molar-refractivity contribution in [3.05, 3.63) is 70.4 Å². The second kappa shape index (κ2) is 8.75. The second-order valence-corrected chi connectivity index (χ2v) is 8.35. The molecule has 0 amide bonds. The van der Waals surface area contributed by atoms with Gasteiger partial charge in [0.25, 0.3) is 0 Å². The van der Waals surface area contributed by atoms with E-state index in [1.165, 1.54) is 36.9 Å². The van der Waals surface area contributed by atoms with E-state index in [1.807, 2.05) is 24.3 Å². The van der Waals surface area contributed by atoms with Crippen LogP contribution in [0.2, 0.25) is 0 Å². The van der Waals surface area contributed by atoms with Gasteiger partial charge in [-0.3, -0.25) is 0 Å². The molecule has 4 nitrogen and oxygen atoms in total. The minimum absolute atomic E-state index is 0.367. The lowest BCUT2D eigenvalue weighted by molar-refractivity contribution is 0.0698. The molecule has 30 heavy (non-hydrogen) atoms. The number of aromatic nitrogens is 1. The molecule has 3 aromatic rings. The summed E-state index contributed by atoms with van der Waals surface area (Å²) in [5, 5.41) is 20.3. The van der Waals surface area contributed by atoms with Gasteiger partial charge in [-0.15, -0.1) is 0 Å². The zero-order valence-electron chi connectivity index (χ0n) is 17.5. The van der Waals surface area contributed by atoms with E-state index in [0.717, 1.165) is 35.7 Å². The fourth-order valence-corrected chi connectivity index (χ4v) is 5.05. The predicted molar refractivity (Wildman–Crippen MR) is 119 cm³/mol. The van der Waals surface area contributed by atoms with Crippen LogP contribution >= 0.6 is 0 Å². The van der Waals surface area contributed by atoms with Crippen LogP contribution in [0.15, 0.2) is 42.5 Å². The van der Waals surface area contributed by atoms with Crippen LogP contribution in [0.25, 0.3) is 10.9 Å². The molecule has 1 aromatic heterocycles. The molecule has 0 radical (unpaired) electrons. The van der Waals surface area contributed by atoms with Gasteiger partial charge in [0.15, 0.2) is 0 Å². The van der Waals surface area contributed by atoms with E-state index in [9.17, 15) is 15.2 Å². The molecule has 1 atom stereocenters. The molecule has 0 bridgehead atoms. The third kappa shape index (κ3) is 3.73. The van der Waals surface area contributed by atoms with Crippen LogP contribution in [0.5, 0.6) is 0 Å². The fourth-order valence-electron chi connectivity index (χ4n) is 5.05. The molecule has 0 aliphatic heterocycles. The van der Waals surface area contributed by atoms with Crippen molar-refractivity contribution in [2.75, 3.05) is 0 Å². The van der Waals surface area contributed by atoms with Crippen molar-refractivity contribution in [1.82, 2.24) is 4.57 Å². The highest BCUT2D eigenvalue weighted by atomic mass is 16.4. The Morgan fingerprint density at radius 3 is 2.83 bits per heavy atom. The van der Waals surface area contributed by atoms with Gasteiger partial charge in [-0.2, -0.15) is 5.26 Å². The Morgan fingerprint density at radius 2 is 2.07 bits per heavy atom. The Balaban J connectivity index is 1.94. The Bertz CT molecular complexity index is 1120. The van der Waals surface area contributed by atoms with E-state index in [2.05, 4.69) is 23.6 Å². The average Bonchev–Trinajstić information content (AvgIpc) is 2.92. The Morgan fingerprint density at radius 1 is 1.23 bits per heavy atom. The van der Waals surface area contributed by atoms with Gasteiger partial charge in [0.2, 0.25) is 0 Å². The molecule has 0 saturated carbocycles. The summed E-state index contributed by atoms with van der Waals surface area (Å²) in [7, 11) is 0. The normalized spacial score (nSPS) is 16.1. The zero-order chi connectivity index (χ0) is 21.1. The largest absolute Gasteiger partial charge is 0.478 e. The van der Waals surface area contributed by atoms with Crippen LogP contribution in [0.4, 0.5) is 0 Å². The maximum atomic E-state index is 12.1. The third-order valence-corrected chi connectivity index (χ3v) is 6.39. The number of unbranched alkanes of at least 4 members (excludes halogenated alkanes) is 1. The SMILES string of the molecule is CCCCC1CCCCc2c1c1cccc(C(=O)O)c1n2Cc1cccc(C#N)c1. The number of carbonyl (C=O) groups is 1. The van der Waals surface area contributed by atoms with Crippen LogP contribution < -0.4 is 0 Å². The molecular weight excluding hydrogens is 372 g/mol. The summed E-state index contributed by atoms with van der Waals surface area (Å²) in [6.45, 7) is 2.82. The summed E-state index contributed by atoms with van der Waals surface area (Å²) < 4.78 is 2.23. The third-order valence-electron chi connectivity index (χ3n) is 6.39. The van der Waals surface area contributed by atoms with Crippen molar-refractivity contribution in [1.29, 1.82) is 5.26 Å². The van der Waals surface area contributed by atoms with Crippen molar-refractivity contribution < 1.29 is 9.90 Å². The molecule has 1 aliphatic rings. The highest BCUT2D eigenvalue weighted by Crippen LogP contribution is 2.41. The molecule has 1 N–H and O–H groups in total. The number of nitrogens with zero attached hydrogens (tertiary/aromatic N) is 2. The van der Waals surface area contributed by atoms with E-state index in [0.29, 0.717) is 23.6 Å². The number of aromatic carboxylic acids is 1. The van der Waals surface area contributed by atoms with E-state index in [-0.39, 0.29) is 0 Å². The molecule has 4 heteroatoms. The summed E-state index contributed by atoms with van der Waals surface area (Å²) in [6.07, 6.45) is 8.02. The Hall–Kier alpha value is -3.06. The number of carboxylic acid groups (broad SMARTS) is 1. The number of fused-ring (bicyclic) bond motifs is 3. The van der Waals surface area contributed by atoms with E-state index < -0.39 is 5.97 Å². The maximum absolute atomic E-state index is 12.1. The average molecular weight is 401 g/mol. The summed E-state index contributed by atoms with van der Waals surface area (Å²) in [5.41, 5.74) is 5.53. The molecule has 1 heterocycles. The second-order valence-electron chi connectivity index (χ2n) is 8.35. The number of hydrogen-bond donors (Lipinski definition) is 1. The van der Waals surface area contributed by atoms with E-state index in [4.69, 9.17) is 0 Å². The van der Waals surface area contributed by atoms with Crippen LogP contribution in [0, 0.1) is 11.3 Å². The molecule has 2 aromatic carbocycles. The Kier molecular flexibility index (Phi) is 5.90. The molecule has 0 fully saturated rings. The molecule has 1 unspecified atom stereocenters. The minimum atomic E-state index is -0.884. The molecule has 154 valence electrons. The molecule has 0 saturated heterocycles. The van der Waals surface area contributed by atoms with Crippen LogP contribution in [-0.4, -0.2) is 15.6 Å². The number of carboxylic acids is 1. The van der Waals surface area contributed by atoms with Gasteiger partial charge in [0, 0.05) is 17.6 Å². The standard InChI is InChI=1S/C26H28N2O2/c1-2-3-10-20-11-4-5-14-23-24(20)21-12-7-13-22(26(29)30)25(21)28(23)17-19-9-6-8-18(15-19)16-27/h6-9,12-13,15,20H,2-5,10-11,14,17H2,1H3,(H,29,30). The first-order valence-electron chi connectivity index (χ1n) is 11.0. The van der Waals surface area contributed by atoms with Gasteiger partial charge < -0.3 is 9.67 Å². The van der Waals surface area contributed by atoms with E-state index >= 15 is 0 Å². The molecule has 4 rings (SSSR count). The van der Waals surface area contributed by atoms with Crippen molar-refractivity contribution in [2.45, 2.75) is 64.3 Å². The van der Waals surface area contributed by atoms with E-state index in [1.54, 1.807) is 12.1 Å². The first kappa shape index (κ1) is 20.2. The van der Waals surface area contributed by atoms with Crippen LogP contribution in [0.1, 0.15) is 84.1 Å². The zero-order valence-corrected chi connectivity index (χ0v) is 17.5. The van der Waals surface area contributed by atoms with Crippen molar-refractivity contribution in [3.8, 4) is 6.07 Å². The number of para-hydroxylation sites is 1. The summed E-state index contributed by atoms with van der Waals surface area (Å²) in [4.78, 5) is 12.1. The van der Waals surface area contributed by atoms with Crippen molar-refractivity contribution in [2.24, 2.45) is 0 Å². The van der Waals surface area contributed by atoms with Gasteiger partial charge in [-0.1, -0.05) is 50.5 Å². The highest BCUT2D eigenvalue weighted by molar-refractivity contribution is 6.04. The van der Waals surface area contributed by atoms with Crippen LogP contribution in [-0.2, 0) is 13.0 Å². The van der Waals surface area contributed by atoms with Gasteiger partial charge in [-0.05, 0) is 60.9 Å². The summed E-state index contributed by atoms with van der Waals surface area (Å²) in [6, 6.07) is 15.6. The first-order valence-corrected chi connectivity index (χ1v) is 11.0. The number of benzene rings is 2. The fraction of sp³-hybridized carbons (Fsp3) is 0.385. The van der Waals surface area contributed by atoms with Crippen molar-refractivity contribution >= 4 is 16.9 Å². The smallest absolute Gasteiger partial charge is 0.337 e. The molecule has 1 aliphatic carbocycles. The minimum Gasteiger partial charge on any atom is -0.478 e. The maximum Gasteiger partial charge on any atom is 0.337 e. The number of rotatable bonds is 6. The lowest BCUT2D eigenvalue weighted by atomic mass is 9.89. The summed E-state index contributed by atoms with van der Waals surface area (Å²) in [5.74, 6) is -0.397. The quantitative estimate of drug-likeness (QED) is 0.497. The van der Waals surface area contributed by atoms with Gasteiger partial charge in [-0.25, -0.2) is 4.79 Å². The lowest BCUT2D eigenvalue weighted by Crippen LogP contribution is -2.09. The summed E-state index contributed by atoms with van der Waals surface area (Å²) >= 11 is 0. The highest BCUT2D eigenvalue weighted by Gasteiger charge is 2.28. The van der Waals surface area contributed by atoms with Crippen LogP contribution in [0.3, 0.4) is 0 Å². The lowest BCUT2D eigenvalue weighted by Gasteiger charge is -2.16. The van der Waals surface area contributed by atoms with Gasteiger partial charge in [0.1, 0.15) is 0 Å². The monoisotopic (exact) mass is 400 g/mol. The molecule has 0 spiro atoms. The Labute approximate surface area is 177 Å². The van der Waals surface area contributed by atoms with Gasteiger partial charge in [0.05, 0.1) is 22.7 Å².